The molecule has 0 aromatic heterocycles. The van der Waals surface area contributed by atoms with Gasteiger partial charge in [0, 0.05) is 6.61 Å². The minimum atomic E-state index is -0.326. The molecule has 0 radical (unpaired) electrons. The van der Waals surface area contributed by atoms with Crippen molar-refractivity contribution >= 4 is 0 Å². The monoisotopic (exact) mass is 418 g/mol. The van der Waals surface area contributed by atoms with Crippen molar-refractivity contribution < 1.29 is 15.3 Å². The van der Waals surface area contributed by atoms with E-state index in [9.17, 15) is 15.3 Å². The summed E-state index contributed by atoms with van der Waals surface area (Å²) in [6.45, 7) is 9.92. The van der Waals surface area contributed by atoms with Crippen LogP contribution in [0.2, 0.25) is 0 Å². The number of hydrogen-bond acceptors (Lipinski definition) is 3. The molecule has 3 N–H and O–H groups in total. The van der Waals surface area contributed by atoms with Crippen LogP contribution in [0.4, 0.5) is 0 Å². The lowest BCUT2D eigenvalue weighted by Gasteiger charge is -2.59. The van der Waals surface area contributed by atoms with Gasteiger partial charge in [0.15, 0.2) is 0 Å². The van der Waals surface area contributed by atoms with E-state index in [1.165, 1.54) is 44.1 Å². The summed E-state index contributed by atoms with van der Waals surface area (Å²) >= 11 is 0. The smallest absolute Gasteiger partial charge is 0.0757 e. The second-order valence-corrected chi connectivity index (χ2v) is 12.2. The normalized spacial score (nSPS) is 47.6. The van der Waals surface area contributed by atoms with Crippen LogP contribution in [-0.2, 0) is 0 Å². The molecular formula is C27H46O3. The van der Waals surface area contributed by atoms with Crippen LogP contribution in [0.1, 0.15) is 91.9 Å². The van der Waals surface area contributed by atoms with E-state index < -0.39 is 0 Å². The summed E-state index contributed by atoms with van der Waals surface area (Å²) < 4.78 is 0. The third-order valence-electron chi connectivity index (χ3n) is 10.5. The molecule has 0 spiro atoms. The standard InChI is InChI=1S/C27H46O3/c1-17(16-28)6-5-7-18(2)21-8-9-22-25-23(11-13-27(21,22)4)26(3)12-10-20(29)14-19(26)15-24(25)30/h15,17-18,20-25,28-30H,5-14,16H2,1-4H3/t17?,18?,20-,21+,22-,23-,24-,25-,26-,27+/m0/s1. The lowest BCUT2D eigenvalue weighted by Crippen LogP contribution is -2.54. The fourth-order valence-corrected chi connectivity index (χ4v) is 8.69. The van der Waals surface area contributed by atoms with Crippen molar-refractivity contribution in [3.05, 3.63) is 11.6 Å². The van der Waals surface area contributed by atoms with Gasteiger partial charge in [0.05, 0.1) is 12.2 Å². The zero-order valence-electron chi connectivity index (χ0n) is 19.8. The Morgan fingerprint density at radius 3 is 2.50 bits per heavy atom. The molecule has 10 atom stereocenters. The molecule has 4 rings (SSSR count). The molecule has 3 nitrogen and oxygen atoms in total. The maximum atomic E-state index is 11.3. The number of aliphatic hydroxyl groups excluding tert-OH is 3. The number of aliphatic hydroxyl groups is 3. The SMILES string of the molecule is CC(CO)CCCC(C)[C@H]1CC[C@H]2[C@@H]3[C@@H](O)C=C4C[C@@H](O)CC[C@]4(C)[C@H]3CC[C@]12C. The van der Waals surface area contributed by atoms with Crippen molar-refractivity contribution in [2.45, 2.75) is 104 Å². The zero-order valence-corrected chi connectivity index (χ0v) is 19.8. The molecule has 0 aromatic rings. The van der Waals surface area contributed by atoms with Crippen molar-refractivity contribution in [2.75, 3.05) is 6.61 Å². The first-order chi connectivity index (χ1) is 14.2. The highest BCUT2D eigenvalue weighted by atomic mass is 16.3. The van der Waals surface area contributed by atoms with Crippen LogP contribution in [-0.4, -0.2) is 34.1 Å². The summed E-state index contributed by atoms with van der Waals surface area (Å²) in [5, 5.41) is 30.8. The molecule has 2 unspecified atom stereocenters. The van der Waals surface area contributed by atoms with E-state index >= 15 is 0 Å². The highest BCUT2D eigenvalue weighted by Gasteiger charge is 2.61. The molecule has 0 bridgehead atoms. The molecule has 30 heavy (non-hydrogen) atoms. The predicted molar refractivity (Wildman–Crippen MR) is 122 cm³/mol. The third kappa shape index (κ3) is 3.71. The third-order valence-corrected chi connectivity index (χ3v) is 10.5. The molecule has 0 saturated heterocycles. The van der Waals surface area contributed by atoms with Crippen LogP contribution in [0.25, 0.3) is 0 Å². The Morgan fingerprint density at radius 1 is 1.00 bits per heavy atom. The molecular weight excluding hydrogens is 372 g/mol. The summed E-state index contributed by atoms with van der Waals surface area (Å²) in [4.78, 5) is 0. The van der Waals surface area contributed by atoms with Crippen LogP contribution in [0, 0.1) is 46.3 Å². The van der Waals surface area contributed by atoms with Crippen molar-refractivity contribution in [3.63, 3.8) is 0 Å². The second-order valence-electron chi connectivity index (χ2n) is 12.2. The van der Waals surface area contributed by atoms with E-state index in [0.29, 0.717) is 35.7 Å². The minimum Gasteiger partial charge on any atom is -0.396 e. The van der Waals surface area contributed by atoms with Gasteiger partial charge in [0.1, 0.15) is 0 Å². The van der Waals surface area contributed by atoms with Gasteiger partial charge in [0.2, 0.25) is 0 Å². The molecule has 3 heteroatoms. The fourth-order valence-electron chi connectivity index (χ4n) is 8.69. The van der Waals surface area contributed by atoms with Crippen LogP contribution in [0.3, 0.4) is 0 Å². The minimum absolute atomic E-state index is 0.189. The van der Waals surface area contributed by atoms with Gasteiger partial charge in [-0.25, -0.2) is 0 Å². The number of rotatable bonds is 6. The van der Waals surface area contributed by atoms with E-state index in [-0.39, 0.29) is 17.6 Å². The van der Waals surface area contributed by atoms with Gasteiger partial charge in [0.25, 0.3) is 0 Å². The molecule has 0 aromatic carbocycles. The maximum Gasteiger partial charge on any atom is 0.0757 e. The van der Waals surface area contributed by atoms with Gasteiger partial charge in [-0.15, -0.1) is 0 Å². The van der Waals surface area contributed by atoms with Gasteiger partial charge >= 0.3 is 0 Å². The van der Waals surface area contributed by atoms with E-state index in [1.54, 1.807) is 0 Å². The van der Waals surface area contributed by atoms with E-state index in [4.69, 9.17) is 0 Å². The highest BCUT2D eigenvalue weighted by Crippen LogP contribution is 2.67. The molecule has 3 saturated carbocycles. The first-order valence-electron chi connectivity index (χ1n) is 12.9. The average molecular weight is 419 g/mol. The lowest BCUT2D eigenvalue weighted by molar-refractivity contribution is -0.0971. The van der Waals surface area contributed by atoms with Crippen molar-refractivity contribution in [1.82, 2.24) is 0 Å². The molecule has 172 valence electrons. The average Bonchev–Trinajstić information content (AvgIpc) is 3.06. The second kappa shape index (κ2) is 8.52. The first-order valence-corrected chi connectivity index (χ1v) is 12.9. The van der Waals surface area contributed by atoms with Crippen molar-refractivity contribution in [2.24, 2.45) is 46.3 Å². The summed E-state index contributed by atoms with van der Waals surface area (Å²) in [6.07, 6.45) is 13.2. The Hall–Kier alpha value is -0.380. The van der Waals surface area contributed by atoms with Gasteiger partial charge in [-0.1, -0.05) is 52.2 Å². The Balaban J connectivity index is 1.50. The van der Waals surface area contributed by atoms with Crippen LogP contribution >= 0.6 is 0 Å². The van der Waals surface area contributed by atoms with Crippen LogP contribution < -0.4 is 0 Å². The molecule has 0 amide bonds. The summed E-state index contributed by atoms with van der Waals surface area (Å²) in [5.41, 5.74) is 1.90. The Kier molecular flexibility index (Phi) is 6.48. The van der Waals surface area contributed by atoms with E-state index in [2.05, 4.69) is 33.8 Å². The fraction of sp³-hybridized carbons (Fsp3) is 0.926. The van der Waals surface area contributed by atoms with E-state index in [1.807, 2.05) is 0 Å². The molecule has 4 aliphatic rings. The van der Waals surface area contributed by atoms with Crippen LogP contribution in [0.5, 0.6) is 0 Å². The zero-order chi connectivity index (χ0) is 21.7. The van der Waals surface area contributed by atoms with Gasteiger partial charge in [-0.05, 0) is 97.7 Å². The number of fused-ring (bicyclic) bond motifs is 5. The first kappa shape index (κ1) is 22.8. The van der Waals surface area contributed by atoms with Gasteiger partial charge < -0.3 is 15.3 Å². The molecule has 4 aliphatic carbocycles. The topological polar surface area (TPSA) is 60.7 Å². The molecule has 0 heterocycles. The highest BCUT2D eigenvalue weighted by molar-refractivity contribution is 5.27. The summed E-state index contributed by atoms with van der Waals surface area (Å²) in [7, 11) is 0. The maximum absolute atomic E-state index is 11.3. The molecule has 3 fully saturated rings. The lowest BCUT2D eigenvalue weighted by atomic mass is 9.46. The summed E-state index contributed by atoms with van der Waals surface area (Å²) in [6, 6.07) is 0. The predicted octanol–water partition coefficient (Wildman–Crippen LogP) is 5.33. The van der Waals surface area contributed by atoms with Gasteiger partial charge in [-0.2, -0.15) is 0 Å². The van der Waals surface area contributed by atoms with E-state index in [0.717, 1.165) is 37.5 Å². The Bertz CT molecular complexity index is 644. The Morgan fingerprint density at radius 2 is 1.77 bits per heavy atom. The van der Waals surface area contributed by atoms with Crippen LogP contribution in [0.15, 0.2) is 11.6 Å². The molecule has 0 aliphatic heterocycles. The van der Waals surface area contributed by atoms with Crippen molar-refractivity contribution in [1.29, 1.82) is 0 Å². The largest absolute Gasteiger partial charge is 0.396 e. The number of hydrogen-bond donors (Lipinski definition) is 3. The quantitative estimate of drug-likeness (QED) is 0.511. The van der Waals surface area contributed by atoms with Gasteiger partial charge in [-0.3, -0.25) is 0 Å². The summed E-state index contributed by atoms with van der Waals surface area (Å²) in [5.74, 6) is 3.54. The Labute approximate surface area is 184 Å². The van der Waals surface area contributed by atoms with Crippen molar-refractivity contribution in [3.8, 4) is 0 Å².